The molecule has 1 aromatic heterocycles. The van der Waals surface area contributed by atoms with Crippen molar-refractivity contribution in [1.82, 2.24) is 9.97 Å². The summed E-state index contributed by atoms with van der Waals surface area (Å²) in [6.45, 7) is 6.08. The molecule has 1 aromatic carbocycles. The summed E-state index contributed by atoms with van der Waals surface area (Å²) in [7, 11) is 0. The third-order valence-corrected chi connectivity index (χ3v) is 2.85. The van der Waals surface area contributed by atoms with Crippen molar-refractivity contribution in [2.75, 3.05) is 17.2 Å². The highest BCUT2D eigenvalue weighted by atomic mass is 19.2. The van der Waals surface area contributed by atoms with Crippen LogP contribution in [0, 0.1) is 31.3 Å². The van der Waals surface area contributed by atoms with Crippen LogP contribution in [0.3, 0.4) is 0 Å². The highest BCUT2D eigenvalue weighted by Crippen LogP contribution is 2.25. The van der Waals surface area contributed by atoms with E-state index in [2.05, 4.69) is 20.6 Å². The molecular formula is C14H15F3N4. The van der Waals surface area contributed by atoms with Crippen molar-refractivity contribution < 1.29 is 13.2 Å². The zero-order chi connectivity index (χ0) is 15.6. The Balaban J connectivity index is 2.39. The number of hydrogen-bond acceptors (Lipinski definition) is 4. The van der Waals surface area contributed by atoms with Gasteiger partial charge in [-0.15, -0.1) is 0 Å². The van der Waals surface area contributed by atoms with Gasteiger partial charge in [0.2, 0.25) is 0 Å². The van der Waals surface area contributed by atoms with Crippen LogP contribution >= 0.6 is 0 Å². The molecule has 112 valence electrons. The molecule has 2 rings (SSSR count). The van der Waals surface area contributed by atoms with Crippen molar-refractivity contribution in [1.29, 1.82) is 0 Å². The van der Waals surface area contributed by atoms with Gasteiger partial charge in [-0.2, -0.15) is 0 Å². The number of aromatic nitrogens is 2. The van der Waals surface area contributed by atoms with Crippen LogP contribution in [0.1, 0.15) is 18.3 Å². The van der Waals surface area contributed by atoms with Crippen molar-refractivity contribution in [2.45, 2.75) is 20.8 Å². The summed E-state index contributed by atoms with van der Waals surface area (Å²) < 4.78 is 39.4. The zero-order valence-corrected chi connectivity index (χ0v) is 11.9. The predicted octanol–water partition coefficient (Wildman–Crippen LogP) is 3.69. The summed E-state index contributed by atoms with van der Waals surface area (Å²) in [6, 6.07) is 1.75. The Morgan fingerprint density at radius 2 is 1.57 bits per heavy atom. The van der Waals surface area contributed by atoms with Gasteiger partial charge in [-0.1, -0.05) is 0 Å². The number of rotatable bonds is 4. The lowest BCUT2D eigenvalue weighted by molar-refractivity contribution is 0.448. The quantitative estimate of drug-likeness (QED) is 0.845. The van der Waals surface area contributed by atoms with Crippen LogP contribution in [-0.4, -0.2) is 16.5 Å². The highest BCUT2D eigenvalue weighted by Gasteiger charge is 2.13. The minimum absolute atomic E-state index is 0.0787. The Bertz CT molecular complexity index is 651. The molecule has 0 spiro atoms. The largest absolute Gasteiger partial charge is 0.370 e. The molecule has 0 atom stereocenters. The Hall–Kier alpha value is -2.31. The number of anilines is 3. The van der Waals surface area contributed by atoms with Crippen LogP contribution in [0.5, 0.6) is 0 Å². The maximum atomic E-state index is 13.2. The fraction of sp³-hybridized carbons (Fsp3) is 0.286. The van der Waals surface area contributed by atoms with Gasteiger partial charge < -0.3 is 10.6 Å². The smallest absolute Gasteiger partial charge is 0.194 e. The molecule has 0 aliphatic heterocycles. The molecule has 0 saturated carbocycles. The molecule has 21 heavy (non-hydrogen) atoms. The van der Waals surface area contributed by atoms with Gasteiger partial charge in [-0.3, -0.25) is 0 Å². The first kappa shape index (κ1) is 15.1. The lowest BCUT2D eigenvalue weighted by Gasteiger charge is -2.13. The molecule has 0 unspecified atom stereocenters. The molecule has 1 heterocycles. The number of nitrogens with one attached hydrogen (secondary N) is 2. The maximum Gasteiger partial charge on any atom is 0.194 e. The molecule has 0 fully saturated rings. The lowest BCUT2D eigenvalue weighted by atomic mass is 10.2. The van der Waals surface area contributed by atoms with Gasteiger partial charge in [0.05, 0.1) is 0 Å². The SMILES string of the molecule is CCNc1nc(C)nc(Nc2cc(F)c(F)c(F)c2)c1C. The summed E-state index contributed by atoms with van der Waals surface area (Å²) in [5, 5.41) is 5.86. The van der Waals surface area contributed by atoms with E-state index in [9.17, 15) is 13.2 Å². The minimum Gasteiger partial charge on any atom is -0.370 e. The number of benzene rings is 1. The van der Waals surface area contributed by atoms with E-state index in [4.69, 9.17) is 0 Å². The molecule has 4 nitrogen and oxygen atoms in total. The molecular weight excluding hydrogens is 281 g/mol. The second kappa shape index (κ2) is 5.99. The third-order valence-electron chi connectivity index (χ3n) is 2.85. The first-order valence-electron chi connectivity index (χ1n) is 6.43. The average molecular weight is 296 g/mol. The van der Waals surface area contributed by atoms with Gasteiger partial charge in [0.25, 0.3) is 0 Å². The summed E-state index contributed by atoms with van der Waals surface area (Å²) in [6.07, 6.45) is 0. The fourth-order valence-electron chi connectivity index (χ4n) is 1.85. The third kappa shape index (κ3) is 3.24. The van der Waals surface area contributed by atoms with Gasteiger partial charge >= 0.3 is 0 Å². The normalized spacial score (nSPS) is 10.6. The van der Waals surface area contributed by atoms with Crippen LogP contribution in [0.2, 0.25) is 0 Å². The standard InChI is InChI=1S/C14H15F3N4/c1-4-18-13-7(2)14(20-8(3)19-13)21-9-5-10(15)12(17)11(16)6-9/h5-6H,4H2,1-3H3,(H2,18,19,20,21). The summed E-state index contributed by atoms with van der Waals surface area (Å²) in [4.78, 5) is 8.44. The zero-order valence-electron chi connectivity index (χ0n) is 11.9. The van der Waals surface area contributed by atoms with E-state index in [1.807, 2.05) is 6.92 Å². The van der Waals surface area contributed by atoms with Crippen LogP contribution in [0.25, 0.3) is 0 Å². The second-order valence-electron chi connectivity index (χ2n) is 4.50. The van der Waals surface area contributed by atoms with Crippen LogP contribution < -0.4 is 10.6 Å². The van der Waals surface area contributed by atoms with E-state index in [0.29, 0.717) is 29.6 Å². The first-order valence-corrected chi connectivity index (χ1v) is 6.43. The molecule has 2 aromatic rings. The molecule has 0 bridgehead atoms. The van der Waals surface area contributed by atoms with Gasteiger partial charge in [0, 0.05) is 29.9 Å². The van der Waals surface area contributed by atoms with Crippen LogP contribution in [0.4, 0.5) is 30.5 Å². The molecule has 2 N–H and O–H groups in total. The highest BCUT2D eigenvalue weighted by molar-refractivity contribution is 5.64. The van der Waals surface area contributed by atoms with E-state index in [0.717, 1.165) is 12.1 Å². The topological polar surface area (TPSA) is 49.8 Å². The predicted molar refractivity (Wildman–Crippen MR) is 75.3 cm³/mol. The molecule has 0 aliphatic carbocycles. The van der Waals surface area contributed by atoms with Crippen molar-refractivity contribution in [3.8, 4) is 0 Å². The monoisotopic (exact) mass is 296 g/mol. The number of hydrogen-bond donors (Lipinski definition) is 2. The van der Waals surface area contributed by atoms with E-state index < -0.39 is 17.5 Å². The number of halogens is 3. The average Bonchev–Trinajstić information content (AvgIpc) is 2.41. The Morgan fingerprint density at radius 3 is 2.14 bits per heavy atom. The number of aryl methyl sites for hydroxylation is 1. The first-order chi connectivity index (χ1) is 9.92. The Labute approximate surface area is 120 Å². The molecule has 7 heteroatoms. The maximum absolute atomic E-state index is 13.2. The van der Waals surface area contributed by atoms with Crippen molar-refractivity contribution >= 4 is 17.3 Å². The minimum atomic E-state index is -1.50. The summed E-state index contributed by atoms with van der Waals surface area (Å²) in [5.74, 6) is -2.47. The molecule has 0 aliphatic rings. The van der Waals surface area contributed by atoms with Crippen LogP contribution in [-0.2, 0) is 0 Å². The summed E-state index contributed by atoms with van der Waals surface area (Å²) in [5.41, 5.74) is 0.780. The Morgan fingerprint density at radius 1 is 1.00 bits per heavy atom. The summed E-state index contributed by atoms with van der Waals surface area (Å²) >= 11 is 0. The van der Waals surface area contributed by atoms with E-state index in [1.54, 1.807) is 13.8 Å². The van der Waals surface area contributed by atoms with Gasteiger partial charge in [-0.25, -0.2) is 23.1 Å². The van der Waals surface area contributed by atoms with E-state index in [1.165, 1.54) is 0 Å². The van der Waals surface area contributed by atoms with Gasteiger partial charge in [-0.05, 0) is 20.8 Å². The van der Waals surface area contributed by atoms with Crippen LogP contribution in [0.15, 0.2) is 12.1 Å². The second-order valence-corrected chi connectivity index (χ2v) is 4.50. The van der Waals surface area contributed by atoms with E-state index in [-0.39, 0.29) is 5.69 Å². The van der Waals surface area contributed by atoms with Crippen molar-refractivity contribution in [2.24, 2.45) is 0 Å². The van der Waals surface area contributed by atoms with Gasteiger partial charge in [0.1, 0.15) is 17.5 Å². The fourth-order valence-corrected chi connectivity index (χ4v) is 1.85. The lowest BCUT2D eigenvalue weighted by Crippen LogP contribution is -2.08. The number of nitrogens with zero attached hydrogens (tertiary/aromatic N) is 2. The van der Waals surface area contributed by atoms with E-state index >= 15 is 0 Å². The van der Waals surface area contributed by atoms with Gasteiger partial charge in [0.15, 0.2) is 17.5 Å². The molecule has 0 saturated heterocycles. The van der Waals surface area contributed by atoms with Crippen molar-refractivity contribution in [3.63, 3.8) is 0 Å². The molecule has 0 amide bonds. The Kier molecular flexibility index (Phi) is 4.30. The van der Waals surface area contributed by atoms with Crippen molar-refractivity contribution in [3.05, 3.63) is 41.0 Å². The molecule has 0 radical (unpaired) electrons.